The maximum Gasteiger partial charge on any atom is 0.343 e. The fourth-order valence-corrected chi connectivity index (χ4v) is 2.44. The molecule has 0 spiro atoms. The first-order chi connectivity index (χ1) is 10.4. The van der Waals surface area contributed by atoms with Crippen LogP contribution in [0.25, 0.3) is 0 Å². The van der Waals surface area contributed by atoms with Gasteiger partial charge in [-0.25, -0.2) is 4.79 Å². The molecular weight excluding hydrogens is 327 g/mol. The first-order valence-electron chi connectivity index (χ1n) is 6.28. The Balaban J connectivity index is 2.20. The van der Waals surface area contributed by atoms with Gasteiger partial charge in [0.1, 0.15) is 5.75 Å². The van der Waals surface area contributed by atoms with Gasteiger partial charge in [0.2, 0.25) is 0 Å². The van der Waals surface area contributed by atoms with Crippen LogP contribution in [0.2, 0.25) is 10.0 Å². The number of ketones is 1. The molecule has 0 aliphatic heterocycles. The van der Waals surface area contributed by atoms with Gasteiger partial charge < -0.3 is 9.47 Å². The maximum atomic E-state index is 12.1. The quantitative estimate of drug-likeness (QED) is 0.470. The van der Waals surface area contributed by atoms with Gasteiger partial charge in [-0.05, 0) is 43.3 Å². The number of benzene rings is 2. The summed E-state index contributed by atoms with van der Waals surface area (Å²) in [4.78, 5) is 23.3. The van der Waals surface area contributed by atoms with Crippen LogP contribution in [0.1, 0.15) is 27.6 Å². The van der Waals surface area contributed by atoms with E-state index in [0.29, 0.717) is 17.1 Å². The molecule has 2 rings (SSSR count). The SMILES string of the molecule is COc1c(Cl)cc(C(=O)Oc2ccc(C(C)=O)cc2)cc1Cl. The molecule has 0 radical (unpaired) electrons. The van der Waals surface area contributed by atoms with E-state index in [1.165, 1.54) is 26.2 Å². The Morgan fingerprint density at radius 1 is 0.955 bits per heavy atom. The topological polar surface area (TPSA) is 52.6 Å². The second-order valence-electron chi connectivity index (χ2n) is 4.44. The lowest BCUT2D eigenvalue weighted by Gasteiger charge is -2.09. The number of carbonyl (C=O) groups excluding carboxylic acids is 2. The summed E-state index contributed by atoms with van der Waals surface area (Å²) in [5.41, 5.74) is 0.738. The fourth-order valence-electron chi connectivity index (χ4n) is 1.80. The first kappa shape index (κ1) is 16.3. The summed E-state index contributed by atoms with van der Waals surface area (Å²) in [7, 11) is 1.43. The minimum Gasteiger partial charge on any atom is -0.494 e. The van der Waals surface area contributed by atoms with E-state index < -0.39 is 5.97 Å². The van der Waals surface area contributed by atoms with Gasteiger partial charge in [-0.1, -0.05) is 23.2 Å². The molecule has 0 aliphatic rings. The third-order valence-electron chi connectivity index (χ3n) is 2.91. The van der Waals surface area contributed by atoms with Crippen molar-refractivity contribution in [3.8, 4) is 11.5 Å². The van der Waals surface area contributed by atoms with Crippen molar-refractivity contribution in [2.45, 2.75) is 6.92 Å². The molecule has 0 saturated heterocycles. The molecule has 0 aliphatic carbocycles. The van der Waals surface area contributed by atoms with Crippen molar-refractivity contribution in [2.24, 2.45) is 0 Å². The molecule has 2 aromatic carbocycles. The standard InChI is InChI=1S/C16H12Cl2O4/c1-9(19)10-3-5-12(6-4-10)22-16(20)11-7-13(17)15(21-2)14(18)8-11/h3-8H,1-2H3. The highest BCUT2D eigenvalue weighted by molar-refractivity contribution is 6.37. The molecule has 0 atom stereocenters. The Morgan fingerprint density at radius 2 is 1.50 bits per heavy atom. The van der Waals surface area contributed by atoms with Gasteiger partial charge >= 0.3 is 5.97 Å². The zero-order valence-corrected chi connectivity index (χ0v) is 13.4. The van der Waals surface area contributed by atoms with E-state index in [1.807, 2.05) is 0 Å². The lowest BCUT2D eigenvalue weighted by atomic mass is 10.1. The van der Waals surface area contributed by atoms with Crippen LogP contribution in [0.3, 0.4) is 0 Å². The van der Waals surface area contributed by atoms with Crippen molar-refractivity contribution < 1.29 is 19.1 Å². The molecule has 0 aromatic heterocycles. The summed E-state index contributed by atoms with van der Waals surface area (Å²) in [5.74, 6) is -0.0580. The minimum atomic E-state index is -0.609. The number of halogens is 2. The normalized spacial score (nSPS) is 10.2. The first-order valence-corrected chi connectivity index (χ1v) is 7.04. The summed E-state index contributed by atoms with van der Waals surface area (Å²) in [6.45, 7) is 1.46. The van der Waals surface area contributed by atoms with Crippen molar-refractivity contribution in [2.75, 3.05) is 7.11 Å². The Kier molecular flexibility index (Phi) is 5.06. The predicted octanol–water partition coefficient (Wildman–Crippen LogP) is 4.42. The molecule has 0 heterocycles. The van der Waals surface area contributed by atoms with Crippen LogP contribution in [0.5, 0.6) is 11.5 Å². The monoisotopic (exact) mass is 338 g/mol. The molecule has 0 unspecified atom stereocenters. The van der Waals surface area contributed by atoms with Crippen LogP contribution >= 0.6 is 23.2 Å². The number of esters is 1. The molecule has 0 fully saturated rings. The van der Waals surface area contributed by atoms with Crippen molar-refractivity contribution >= 4 is 35.0 Å². The highest BCUT2D eigenvalue weighted by atomic mass is 35.5. The summed E-state index contributed by atoms with van der Waals surface area (Å²) in [6.07, 6.45) is 0. The van der Waals surface area contributed by atoms with Gasteiger partial charge in [-0.2, -0.15) is 0 Å². The number of ether oxygens (including phenoxy) is 2. The van der Waals surface area contributed by atoms with E-state index in [0.717, 1.165) is 0 Å². The van der Waals surface area contributed by atoms with Gasteiger partial charge in [0, 0.05) is 5.56 Å². The lowest BCUT2D eigenvalue weighted by molar-refractivity contribution is 0.0734. The molecule has 0 bridgehead atoms. The van der Waals surface area contributed by atoms with Crippen LogP contribution in [-0.4, -0.2) is 18.9 Å². The molecule has 0 amide bonds. The average Bonchev–Trinajstić information content (AvgIpc) is 2.47. The van der Waals surface area contributed by atoms with E-state index in [-0.39, 0.29) is 21.4 Å². The second kappa shape index (κ2) is 6.81. The molecule has 0 N–H and O–H groups in total. The number of methoxy groups -OCH3 is 1. The summed E-state index contributed by atoms with van der Waals surface area (Å²) in [5, 5.41) is 0.433. The van der Waals surface area contributed by atoms with Gasteiger partial charge in [0.15, 0.2) is 11.5 Å². The molecule has 0 saturated carbocycles. The number of hydrogen-bond acceptors (Lipinski definition) is 4. The molecule has 4 nitrogen and oxygen atoms in total. The summed E-state index contributed by atoms with van der Waals surface area (Å²) < 4.78 is 10.2. The minimum absolute atomic E-state index is 0.0633. The largest absolute Gasteiger partial charge is 0.494 e. The lowest BCUT2D eigenvalue weighted by Crippen LogP contribution is -2.09. The van der Waals surface area contributed by atoms with Crippen LogP contribution in [0.15, 0.2) is 36.4 Å². The van der Waals surface area contributed by atoms with E-state index in [9.17, 15) is 9.59 Å². The highest BCUT2D eigenvalue weighted by Crippen LogP contribution is 2.34. The van der Waals surface area contributed by atoms with Crippen LogP contribution in [-0.2, 0) is 0 Å². The van der Waals surface area contributed by atoms with Crippen molar-refractivity contribution in [3.63, 3.8) is 0 Å². The van der Waals surface area contributed by atoms with Crippen LogP contribution < -0.4 is 9.47 Å². The second-order valence-corrected chi connectivity index (χ2v) is 5.26. The summed E-state index contributed by atoms with van der Waals surface area (Å²) >= 11 is 12.0. The Morgan fingerprint density at radius 3 is 1.95 bits per heavy atom. The molecule has 22 heavy (non-hydrogen) atoms. The van der Waals surface area contributed by atoms with Crippen LogP contribution in [0.4, 0.5) is 0 Å². The third-order valence-corrected chi connectivity index (χ3v) is 3.47. The number of hydrogen-bond donors (Lipinski definition) is 0. The Labute approximate surface area is 137 Å². The number of Topliss-reactive ketones (excluding diaryl/α,β-unsaturated/α-hetero) is 1. The zero-order valence-electron chi connectivity index (χ0n) is 11.9. The van der Waals surface area contributed by atoms with Gasteiger partial charge in [0.25, 0.3) is 0 Å². The smallest absolute Gasteiger partial charge is 0.343 e. The van der Waals surface area contributed by atoms with E-state index in [4.69, 9.17) is 32.7 Å². The molecular formula is C16H12Cl2O4. The molecule has 114 valence electrons. The number of rotatable bonds is 4. The zero-order chi connectivity index (χ0) is 16.3. The van der Waals surface area contributed by atoms with Crippen molar-refractivity contribution in [3.05, 3.63) is 57.6 Å². The van der Waals surface area contributed by atoms with Crippen molar-refractivity contribution in [1.82, 2.24) is 0 Å². The fraction of sp³-hybridized carbons (Fsp3) is 0.125. The highest BCUT2D eigenvalue weighted by Gasteiger charge is 2.15. The van der Waals surface area contributed by atoms with E-state index in [1.54, 1.807) is 24.3 Å². The van der Waals surface area contributed by atoms with Crippen LogP contribution in [0, 0.1) is 0 Å². The van der Waals surface area contributed by atoms with E-state index >= 15 is 0 Å². The molecule has 2 aromatic rings. The third kappa shape index (κ3) is 3.59. The summed E-state index contributed by atoms with van der Waals surface area (Å²) in [6, 6.07) is 9.08. The number of carbonyl (C=O) groups is 2. The van der Waals surface area contributed by atoms with E-state index in [2.05, 4.69) is 0 Å². The van der Waals surface area contributed by atoms with Gasteiger partial charge in [0.05, 0.1) is 22.7 Å². The van der Waals surface area contributed by atoms with Gasteiger partial charge in [-0.15, -0.1) is 0 Å². The van der Waals surface area contributed by atoms with Crippen molar-refractivity contribution in [1.29, 1.82) is 0 Å². The van der Waals surface area contributed by atoms with Gasteiger partial charge in [-0.3, -0.25) is 4.79 Å². The Hall–Kier alpha value is -2.04. The maximum absolute atomic E-state index is 12.1. The Bertz CT molecular complexity index is 700. The predicted molar refractivity (Wildman–Crippen MR) is 84.4 cm³/mol. The average molecular weight is 339 g/mol. The molecule has 6 heteroatoms.